The summed E-state index contributed by atoms with van der Waals surface area (Å²) in [5.41, 5.74) is 1.31. The zero-order chi connectivity index (χ0) is 34.2. The zero-order valence-corrected chi connectivity index (χ0v) is 27.5. The maximum Gasteiger partial charge on any atom is 0.391 e. The van der Waals surface area contributed by atoms with E-state index >= 15 is 4.39 Å². The lowest BCUT2D eigenvalue weighted by Crippen LogP contribution is -2.44. The Labute approximate surface area is 278 Å². The minimum atomic E-state index is -4.59. The summed E-state index contributed by atoms with van der Waals surface area (Å²) in [5.74, 6) is -2.16. The third-order valence-corrected chi connectivity index (χ3v) is 11.5. The molecule has 3 atom stereocenters. The zero-order valence-electron chi connectivity index (χ0n) is 25.9. The van der Waals surface area contributed by atoms with Crippen LogP contribution in [0.1, 0.15) is 48.0 Å². The highest BCUT2D eigenvalue weighted by Gasteiger charge is 2.47. The molecule has 1 fully saturated rings. The molecule has 0 unspecified atom stereocenters. The van der Waals surface area contributed by atoms with Gasteiger partial charge in [-0.1, -0.05) is 12.1 Å². The van der Waals surface area contributed by atoms with Gasteiger partial charge in [0.25, 0.3) is 10.0 Å². The number of halogens is 5. The molecule has 3 heterocycles. The van der Waals surface area contributed by atoms with Gasteiger partial charge in [-0.3, -0.25) is 4.90 Å². The van der Waals surface area contributed by atoms with Crippen molar-refractivity contribution in [2.45, 2.75) is 49.0 Å². The molecular formula is C33H32F5N3O5S2. The third-order valence-electron chi connectivity index (χ3n) is 8.84. The SMILES string of the molecule is COc1ccc(CN(c2nccs2)S(=O)(=O)c2cc3c(cc2F)[C@H](N2CC[C@H](C(F)(F)F)C[C@@H]2c2ccc(F)cc2)CCO3)c(OC)c1. The predicted octanol–water partition coefficient (Wildman–Crippen LogP) is 7.67. The van der Waals surface area contributed by atoms with Crippen molar-refractivity contribution >= 4 is 26.5 Å². The number of alkyl halides is 3. The summed E-state index contributed by atoms with van der Waals surface area (Å²) in [7, 11) is -1.67. The fourth-order valence-electron chi connectivity index (χ4n) is 6.43. The van der Waals surface area contributed by atoms with Crippen LogP contribution in [0.5, 0.6) is 17.2 Å². The summed E-state index contributed by atoms with van der Waals surface area (Å²) in [6.07, 6.45) is -3.07. The van der Waals surface area contributed by atoms with Gasteiger partial charge in [-0.2, -0.15) is 13.2 Å². The second-order valence-corrected chi connectivity index (χ2v) is 14.2. The number of piperidine rings is 1. The summed E-state index contributed by atoms with van der Waals surface area (Å²) in [5, 5.41) is 1.69. The van der Waals surface area contributed by atoms with Crippen molar-refractivity contribution in [3.63, 3.8) is 0 Å². The van der Waals surface area contributed by atoms with Crippen molar-refractivity contribution in [2.24, 2.45) is 5.92 Å². The molecule has 2 aliphatic heterocycles. The number of ether oxygens (including phenoxy) is 3. The van der Waals surface area contributed by atoms with E-state index in [0.29, 0.717) is 34.6 Å². The number of sulfonamides is 1. The highest BCUT2D eigenvalue weighted by molar-refractivity contribution is 7.93. The highest BCUT2D eigenvalue weighted by Crippen LogP contribution is 2.49. The van der Waals surface area contributed by atoms with Gasteiger partial charge in [-0.05, 0) is 55.3 Å². The lowest BCUT2D eigenvalue weighted by molar-refractivity contribution is -0.192. The second-order valence-electron chi connectivity index (χ2n) is 11.5. The van der Waals surface area contributed by atoms with Crippen molar-refractivity contribution in [1.82, 2.24) is 9.88 Å². The van der Waals surface area contributed by atoms with Crippen LogP contribution in [0.15, 0.2) is 71.1 Å². The minimum absolute atomic E-state index is 0.0412. The molecule has 15 heteroatoms. The van der Waals surface area contributed by atoms with Gasteiger partial charge in [0.2, 0.25) is 0 Å². The van der Waals surface area contributed by atoms with E-state index in [2.05, 4.69) is 4.98 Å². The lowest BCUT2D eigenvalue weighted by atomic mass is 9.84. The third kappa shape index (κ3) is 6.67. The Morgan fingerprint density at radius 3 is 2.46 bits per heavy atom. The number of benzene rings is 3. The predicted molar refractivity (Wildman–Crippen MR) is 169 cm³/mol. The molecule has 0 saturated carbocycles. The molecule has 6 rings (SSSR count). The van der Waals surface area contributed by atoms with Crippen LogP contribution in [0, 0.1) is 17.6 Å². The molecule has 3 aromatic carbocycles. The number of nitrogens with zero attached hydrogens (tertiary/aromatic N) is 3. The van der Waals surface area contributed by atoms with E-state index in [1.54, 1.807) is 23.6 Å². The van der Waals surface area contributed by atoms with Crippen molar-refractivity contribution in [2.75, 3.05) is 31.7 Å². The summed E-state index contributed by atoms with van der Waals surface area (Å²) in [4.78, 5) is 5.41. The molecular weight excluding hydrogens is 678 g/mol. The van der Waals surface area contributed by atoms with Crippen LogP contribution in [0.3, 0.4) is 0 Å². The van der Waals surface area contributed by atoms with Crippen LogP contribution in [0.25, 0.3) is 0 Å². The van der Waals surface area contributed by atoms with Crippen LogP contribution in [-0.4, -0.2) is 51.8 Å². The summed E-state index contributed by atoms with van der Waals surface area (Å²) < 4.78 is 118. The normalized spacial score (nSPS) is 20.1. The molecule has 0 N–H and O–H groups in total. The van der Waals surface area contributed by atoms with Crippen molar-refractivity contribution in [1.29, 1.82) is 0 Å². The summed E-state index contributed by atoms with van der Waals surface area (Å²) in [6, 6.07) is 11.1. The van der Waals surface area contributed by atoms with Gasteiger partial charge < -0.3 is 14.2 Å². The van der Waals surface area contributed by atoms with Crippen LogP contribution >= 0.6 is 11.3 Å². The van der Waals surface area contributed by atoms with Crippen LogP contribution in [-0.2, 0) is 16.6 Å². The fraction of sp³-hybridized carbons (Fsp3) is 0.364. The highest BCUT2D eigenvalue weighted by atomic mass is 32.2. The first-order valence-corrected chi connectivity index (χ1v) is 17.4. The van der Waals surface area contributed by atoms with Gasteiger partial charge in [-0.25, -0.2) is 26.5 Å². The minimum Gasteiger partial charge on any atom is -0.497 e. The number of likely N-dealkylation sites (tertiary alicyclic amines) is 1. The van der Waals surface area contributed by atoms with E-state index in [1.807, 2.05) is 4.90 Å². The Hall–Kier alpha value is -3.95. The van der Waals surface area contributed by atoms with Crippen molar-refractivity contribution in [3.8, 4) is 17.2 Å². The van der Waals surface area contributed by atoms with E-state index in [9.17, 15) is 26.0 Å². The number of rotatable bonds is 9. The van der Waals surface area contributed by atoms with E-state index in [4.69, 9.17) is 14.2 Å². The maximum atomic E-state index is 16.2. The number of aromatic nitrogens is 1. The molecule has 0 radical (unpaired) electrons. The van der Waals surface area contributed by atoms with Crippen LogP contribution in [0.2, 0.25) is 0 Å². The van der Waals surface area contributed by atoms with E-state index in [-0.39, 0.29) is 43.4 Å². The van der Waals surface area contributed by atoms with Crippen molar-refractivity contribution in [3.05, 3.63) is 94.5 Å². The second kappa shape index (κ2) is 13.5. The molecule has 1 saturated heterocycles. The molecule has 0 aliphatic carbocycles. The topological polar surface area (TPSA) is 81.2 Å². The molecule has 256 valence electrons. The van der Waals surface area contributed by atoms with Crippen LogP contribution < -0.4 is 18.5 Å². The Morgan fingerprint density at radius 2 is 1.79 bits per heavy atom. The standard InChI is InChI=1S/C33H32F5N3O5S2/c1-44-24-8-5-21(29(16-24)45-2)19-41(32-39-11-14-47-32)48(42,43)31-18-30-25(17-26(31)35)27(10-13-46-30)40-12-9-22(33(36,37)38)15-28(40)20-3-6-23(34)7-4-20/h3-8,11,14,16-18,22,27-28H,9-10,12-13,15,19H2,1-2H3/t22-,27+,28+/m0/s1. The molecule has 2 aliphatic rings. The fourth-order valence-corrected chi connectivity index (χ4v) is 8.76. The Kier molecular flexibility index (Phi) is 9.55. The van der Waals surface area contributed by atoms with Gasteiger partial charge in [0.05, 0.1) is 33.3 Å². The number of hydrogen-bond donors (Lipinski definition) is 0. The first-order valence-electron chi connectivity index (χ1n) is 15.1. The number of thiazole rings is 1. The molecule has 8 nitrogen and oxygen atoms in total. The smallest absolute Gasteiger partial charge is 0.391 e. The van der Waals surface area contributed by atoms with E-state index in [1.165, 1.54) is 44.7 Å². The number of anilines is 1. The average Bonchev–Trinajstić information content (AvgIpc) is 3.61. The van der Waals surface area contributed by atoms with Gasteiger partial charge in [0, 0.05) is 53.3 Å². The van der Waals surface area contributed by atoms with Crippen LogP contribution in [0.4, 0.5) is 27.1 Å². The quantitative estimate of drug-likeness (QED) is 0.165. The Morgan fingerprint density at radius 1 is 1.02 bits per heavy atom. The molecule has 0 amide bonds. The first kappa shape index (κ1) is 33.9. The first-order chi connectivity index (χ1) is 22.9. The molecule has 4 aromatic rings. The van der Waals surface area contributed by atoms with E-state index < -0.39 is 50.7 Å². The maximum absolute atomic E-state index is 16.2. The number of fused-ring (bicyclic) bond motifs is 1. The molecule has 48 heavy (non-hydrogen) atoms. The largest absolute Gasteiger partial charge is 0.497 e. The number of methoxy groups -OCH3 is 2. The molecule has 0 spiro atoms. The van der Waals surface area contributed by atoms with Gasteiger partial charge in [0.1, 0.15) is 33.8 Å². The van der Waals surface area contributed by atoms with E-state index in [0.717, 1.165) is 27.8 Å². The monoisotopic (exact) mass is 709 g/mol. The average molecular weight is 710 g/mol. The van der Waals surface area contributed by atoms with Gasteiger partial charge in [0.15, 0.2) is 5.13 Å². The molecule has 0 bridgehead atoms. The van der Waals surface area contributed by atoms with Crippen molar-refractivity contribution < 1.29 is 44.6 Å². The summed E-state index contributed by atoms with van der Waals surface area (Å²) >= 11 is 1.05. The number of hydrogen-bond acceptors (Lipinski definition) is 8. The van der Waals surface area contributed by atoms with Gasteiger partial charge >= 0.3 is 6.18 Å². The molecule has 1 aromatic heterocycles. The summed E-state index contributed by atoms with van der Waals surface area (Å²) in [6.45, 7) is -0.0760. The van der Waals surface area contributed by atoms with Gasteiger partial charge in [-0.15, -0.1) is 11.3 Å². The Balaban J connectivity index is 1.37. The lowest BCUT2D eigenvalue weighted by Gasteiger charge is -2.46. The Bertz CT molecular complexity index is 1860.